The zero-order chi connectivity index (χ0) is 16.0. The van der Waals surface area contributed by atoms with Gasteiger partial charge in [0, 0.05) is 18.1 Å². The molecule has 0 aliphatic rings. The van der Waals surface area contributed by atoms with Crippen molar-refractivity contribution < 1.29 is 14.7 Å². The number of carboxylic acids is 1. The number of benzene rings is 1. The average Bonchev–Trinajstić information content (AvgIpc) is 2.39. The molecule has 0 fully saturated rings. The zero-order valence-electron chi connectivity index (χ0n) is 12.5. The summed E-state index contributed by atoms with van der Waals surface area (Å²) in [6, 6.07) is 6.39. The largest absolute Gasteiger partial charge is 0.480 e. The van der Waals surface area contributed by atoms with Crippen molar-refractivity contribution in [3.63, 3.8) is 0 Å². The standard InChI is InChI=1S/C15H21BrN2O3/c1-10(2)8-13(14(19)20)17-15(21)18(3)9-11-4-6-12(16)7-5-11/h4-7,10,13H,8-9H2,1-3H3,(H,17,21)(H,19,20). The van der Waals surface area contributed by atoms with Crippen LogP contribution in [0, 0.1) is 5.92 Å². The quantitative estimate of drug-likeness (QED) is 0.822. The first-order chi connectivity index (χ1) is 9.79. The van der Waals surface area contributed by atoms with Gasteiger partial charge in [-0.15, -0.1) is 0 Å². The Morgan fingerprint density at radius 3 is 2.33 bits per heavy atom. The van der Waals surface area contributed by atoms with Crippen LogP contribution in [0.1, 0.15) is 25.8 Å². The highest BCUT2D eigenvalue weighted by molar-refractivity contribution is 9.10. The van der Waals surface area contributed by atoms with E-state index in [9.17, 15) is 9.59 Å². The molecule has 21 heavy (non-hydrogen) atoms. The van der Waals surface area contributed by atoms with Crippen molar-refractivity contribution in [2.75, 3.05) is 7.05 Å². The van der Waals surface area contributed by atoms with Crippen LogP contribution in [0.2, 0.25) is 0 Å². The molecular formula is C15H21BrN2O3. The molecule has 0 radical (unpaired) electrons. The molecule has 6 heteroatoms. The second-order valence-electron chi connectivity index (χ2n) is 5.45. The van der Waals surface area contributed by atoms with E-state index >= 15 is 0 Å². The van der Waals surface area contributed by atoms with E-state index < -0.39 is 12.0 Å². The summed E-state index contributed by atoms with van der Waals surface area (Å²) in [5.41, 5.74) is 0.978. The number of aliphatic carboxylic acids is 1. The maximum Gasteiger partial charge on any atom is 0.326 e. The van der Waals surface area contributed by atoms with E-state index in [0.29, 0.717) is 13.0 Å². The van der Waals surface area contributed by atoms with Crippen molar-refractivity contribution in [3.05, 3.63) is 34.3 Å². The first-order valence-corrected chi connectivity index (χ1v) is 7.57. The lowest BCUT2D eigenvalue weighted by Crippen LogP contribution is -2.46. The molecular weight excluding hydrogens is 336 g/mol. The molecule has 5 nitrogen and oxygen atoms in total. The molecule has 0 aromatic heterocycles. The van der Waals surface area contributed by atoms with E-state index in [-0.39, 0.29) is 11.9 Å². The SMILES string of the molecule is CC(C)CC(NC(=O)N(C)Cc1ccc(Br)cc1)C(=O)O. The maximum absolute atomic E-state index is 12.1. The number of nitrogens with one attached hydrogen (secondary N) is 1. The van der Waals surface area contributed by atoms with Gasteiger partial charge < -0.3 is 15.3 Å². The predicted molar refractivity (Wildman–Crippen MR) is 85.0 cm³/mol. The summed E-state index contributed by atoms with van der Waals surface area (Å²) < 4.78 is 0.973. The second-order valence-corrected chi connectivity index (χ2v) is 6.37. The van der Waals surface area contributed by atoms with Gasteiger partial charge in [-0.25, -0.2) is 9.59 Å². The van der Waals surface area contributed by atoms with E-state index in [4.69, 9.17) is 5.11 Å². The van der Waals surface area contributed by atoms with Crippen LogP contribution >= 0.6 is 15.9 Å². The van der Waals surface area contributed by atoms with Gasteiger partial charge in [0.15, 0.2) is 0 Å². The summed E-state index contributed by atoms with van der Waals surface area (Å²) in [5.74, 6) is -0.808. The van der Waals surface area contributed by atoms with E-state index in [2.05, 4.69) is 21.2 Å². The third-order valence-electron chi connectivity index (χ3n) is 2.98. The smallest absolute Gasteiger partial charge is 0.326 e. The molecule has 0 aliphatic carbocycles. The summed E-state index contributed by atoms with van der Waals surface area (Å²) in [6.45, 7) is 4.27. The Bertz CT molecular complexity index is 488. The number of carbonyl (C=O) groups excluding carboxylic acids is 1. The molecule has 2 N–H and O–H groups in total. The number of carbonyl (C=O) groups is 2. The monoisotopic (exact) mass is 356 g/mol. The van der Waals surface area contributed by atoms with Gasteiger partial charge in [-0.3, -0.25) is 0 Å². The molecule has 1 atom stereocenters. The van der Waals surface area contributed by atoms with Gasteiger partial charge in [-0.2, -0.15) is 0 Å². The summed E-state index contributed by atoms with van der Waals surface area (Å²) in [6.07, 6.45) is 0.410. The lowest BCUT2D eigenvalue weighted by Gasteiger charge is -2.22. The highest BCUT2D eigenvalue weighted by atomic mass is 79.9. The van der Waals surface area contributed by atoms with E-state index in [1.54, 1.807) is 7.05 Å². The normalized spacial score (nSPS) is 12.0. The fourth-order valence-electron chi connectivity index (χ4n) is 1.89. The van der Waals surface area contributed by atoms with E-state index in [0.717, 1.165) is 10.0 Å². The molecule has 116 valence electrons. The van der Waals surface area contributed by atoms with Crippen LogP contribution in [-0.4, -0.2) is 35.1 Å². The second kappa shape index (κ2) is 8.02. The Morgan fingerprint density at radius 1 is 1.29 bits per heavy atom. The van der Waals surface area contributed by atoms with Crippen LogP contribution in [0.5, 0.6) is 0 Å². The zero-order valence-corrected chi connectivity index (χ0v) is 14.1. The van der Waals surface area contributed by atoms with E-state index in [1.165, 1.54) is 4.90 Å². The topological polar surface area (TPSA) is 69.6 Å². The first-order valence-electron chi connectivity index (χ1n) is 6.78. The van der Waals surface area contributed by atoms with Gasteiger partial charge in [0.05, 0.1) is 0 Å². The van der Waals surface area contributed by atoms with Gasteiger partial charge in [0.25, 0.3) is 0 Å². The molecule has 0 spiro atoms. The van der Waals surface area contributed by atoms with Crippen molar-refractivity contribution in [2.45, 2.75) is 32.9 Å². The predicted octanol–water partition coefficient (Wildman–Crippen LogP) is 3.09. The molecule has 0 heterocycles. The number of hydrogen-bond acceptors (Lipinski definition) is 2. The van der Waals surface area contributed by atoms with Crippen LogP contribution in [0.15, 0.2) is 28.7 Å². The van der Waals surface area contributed by atoms with Crippen molar-refractivity contribution in [1.82, 2.24) is 10.2 Å². The van der Waals surface area contributed by atoms with Gasteiger partial charge in [-0.05, 0) is 30.0 Å². The fraction of sp³-hybridized carbons (Fsp3) is 0.467. The Balaban J connectivity index is 2.60. The molecule has 0 saturated carbocycles. The van der Waals surface area contributed by atoms with Crippen molar-refractivity contribution in [2.24, 2.45) is 5.92 Å². The van der Waals surface area contributed by atoms with Gasteiger partial charge in [0.1, 0.15) is 6.04 Å². The number of carboxylic acid groups (broad SMARTS) is 1. The summed E-state index contributed by atoms with van der Waals surface area (Å²) >= 11 is 3.35. The number of rotatable bonds is 6. The van der Waals surface area contributed by atoms with Crippen LogP contribution < -0.4 is 5.32 Å². The minimum atomic E-state index is -1.01. The minimum absolute atomic E-state index is 0.197. The minimum Gasteiger partial charge on any atom is -0.480 e. The molecule has 0 aliphatic heterocycles. The van der Waals surface area contributed by atoms with Crippen LogP contribution in [0.4, 0.5) is 4.79 Å². The lowest BCUT2D eigenvalue weighted by molar-refractivity contribution is -0.139. The summed E-state index contributed by atoms with van der Waals surface area (Å²) in [5, 5.41) is 11.7. The number of urea groups is 1. The third kappa shape index (κ3) is 6.16. The van der Waals surface area contributed by atoms with Crippen molar-refractivity contribution >= 4 is 27.9 Å². The molecule has 0 bridgehead atoms. The van der Waals surface area contributed by atoms with Crippen molar-refractivity contribution in [3.8, 4) is 0 Å². The molecule has 1 rings (SSSR count). The van der Waals surface area contributed by atoms with Gasteiger partial charge in [0.2, 0.25) is 0 Å². The number of amides is 2. The Morgan fingerprint density at radius 2 is 1.86 bits per heavy atom. The summed E-state index contributed by atoms with van der Waals surface area (Å²) in [4.78, 5) is 24.7. The third-order valence-corrected chi connectivity index (χ3v) is 3.51. The number of halogens is 1. The molecule has 1 aromatic rings. The number of hydrogen-bond donors (Lipinski definition) is 2. The molecule has 0 saturated heterocycles. The molecule has 2 amide bonds. The Labute approximate surface area is 133 Å². The molecule has 1 aromatic carbocycles. The highest BCUT2D eigenvalue weighted by Crippen LogP contribution is 2.12. The van der Waals surface area contributed by atoms with Crippen LogP contribution in [0.3, 0.4) is 0 Å². The molecule has 1 unspecified atom stereocenters. The van der Waals surface area contributed by atoms with Crippen LogP contribution in [0.25, 0.3) is 0 Å². The average molecular weight is 357 g/mol. The Kier molecular flexibility index (Phi) is 6.68. The maximum atomic E-state index is 12.1. The highest BCUT2D eigenvalue weighted by Gasteiger charge is 2.22. The lowest BCUT2D eigenvalue weighted by atomic mass is 10.0. The Hall–Kier alpha value is -1.56. The van der Waals surface area contributed by atoms with Crippen LogP contribution in [-0.2, 0) is 11.3 Å². The summed E-state index contributed by atoms with van der Waals surface area (Å²) in [7, 11) is 1.64. The first kappa shape index (κ1) is 17.5. The fourth-order valence-corrected chi connectivity index (χ4v) is 2.15. The van der Waals surface area contributed by atoms with E-state index in [1.807, 2.05) is 38.1 Å². The van der Waals surface area contributed by atoms with Crippen molar-refractivity contribution in [1.29, 1.82) is 0 Å². The van der Waals surface area contributed by atoms with Gasteiger partial charge in [-0.1, -0.05) is 41.9 Å². The number of nitrogens with zero attached hydrogens (tertiary/aromatic N) is 1. The van der Waals surface area contributed by atoms with Gasteiger partial charge >= 0.3 is 12.0 Å².